The van der Waals surface area contributed by atoms with Crippen LogP contribution >= 0.6 is 0 Å². The van der Waals surface area contributed by atoms with Crippen LogP contribution in [-0.2, 0) is 15.7 Å². The van der Waals surface area contributed by atoms with Crippen molar-refractivity contribution in [3.63, 3.8) is 0 Å². The molecule has 0 unspecified atom stereocenters. The number of urea groups is 1. The van der Waals surface area contributed by atoms with Crippen LogP contribution < -0.4 is 11.1 Å². The van der Waals surface area contributed by atoms with Gasteiger partial charge in [0.1, 0.15) is 0 Å². The lowest BCUT2D eigenvalue weighted by Gasteiger charge is -2.64. The van der Waals surface area contributed by atoms with Gasteiger partial charge in [-0.1, -0.05) is 44.2 Å². The van der Waals surface area contributed by atoms with Crippen molar-refractivity contribution < 1.29 is 14.1 Å². The first-order chi connectivity index (χ1) is 11.8. The summed E-state index contributed by atoms with van der Waals surface area (Å²) in [6.07, 6.45) is 2.98. The minimum Gasteiger partial charge on any atom is -0.404 e. The van der Waals surface area contributed by atoms with Crippen LogP contribution in [-0.4, -0.2) is 30.8 Å². The zero-order chi connectivity index (χ0) is 17.8. The number of hydrogen-bond donors (Lipinski definition) is 2. The molecule has 6 heteroatoms. The molecule has 134 valence electrons. The number of primary amides is 1. The summed E-state index contributed by atoms with van der Waals surface area (Å²) in [5, 5.41) is 2.84. The molecule has 1 aromatic carbocycles. The largest absolute Gasteiger partial charge is 0.482 e. The Kier molecular flexibility index (Phi) is 3.89. The van der Waals surface area contributed by atoms with Crippen molar-refractivity contribution in [2.75, 3.05) is 0 Å². The first-order valence-corrected chi connectivity index (χ1v) is 9.24. The van der Waals surface area contributed by atoms with Crippen LogP contribution in [0.5, 0.6) is 0 Å². The maximum Gasteiger partial charge on any atom is 0.482 e. The smallest absolute Gasteiger partial charge is 0.404 e. The van der Waals surface area contributed by atoms with Crippen molar-refractivity contribution >= 4 is 13.1 Å². The summed E-state index contributed by atoms with van der Waals surface area (Å²) in [4.78, 5) is 11.5. The standard InChI is InChI=1S/C19H27BN2O3/c1-18(2)13-10-14(18)19(3)15(11-13)24-20(25-19)16(22-17(21)23)9-12-7-5-4-6-8-12/h4-8,13-16H,9-11H2,1-3H3,(H3,21,22,23)/t13-,14-,15+,16-,19-/m0/s1. The Bertz CT molecular complexity index is 668. The van der Waals surface area contributed by atoms with E-state index in [0.29, 0.717) is 23.7 Å². The molecule has 5 nitrogen and oxygen atoms in total. The van der Waals surface area contributed by atoms with E-state index in [1.54, 1.807) is 0 Å². The second kappa shape index (κ2) is 5.75. The highest BCUT2D eigenvalue weighted by molar-refractivity contribution is 6.48. The highest BCUT2D eigenvalue weighted by Gasteiger charge is 2.68. The number of nitrogens with two attached hydrogens (primary N) is 1. The van der Waals surface area contributed by atoms with Crippen molar-refractivity contribution in [2.45, 2.75) is 57.7 Å². The highest BCUT2D eigenvalue weighted by Crippen LogP contribution is 2.65. The first-order valence-electron chi connectivity index (χ1n) is 9.24. The van der Waals surface area contributed by atoms with Gasteiger partial charge in [0.15, 0.2) is 0 Å². The van der Waals surface area contributed by atoms with Gasteiger partial charge in [-0.15, -0.1) is 0 Å². The predicted octanol–water partition coefficient (Wildman–Crippen LogP) is 2.53. The fraction of sp³-hybridized carbons (Fsp3) is 0.632. The van der Waals surface area contributed by atoms with Crippen molar-refractivity contribution in [2.24, 2.45) is 23.0 Å². The lowest BCUT2D eigenvalue weighted by molar-refractivity contribution is -0.199. The fourth-order valence-electron chi connectivity index (χ4n) is 5.34. The number of carbonyl (C=O) groups is 1. The second-order valence-corrected chi connectivity index (χ2v) is 8.64. The lowest BCUT2D eigenvalue weighted by atomic mass is 9.43. The Labute approximate surface area is 149 Å². The normalized spacial score (nSPS) is 36.3. The quantitative estimate of drug-likeness (QED) is 0.826. The summed E-state index contributed by atoms with van der Waals surface area (Å²) >= 11 is 0. The monoisotopic (exact) mass is 342 g/mol. The molecule has 5 atom stereocenters. The molecular weight excluding hydrogens is 315 g/mol. The number of nitrogens with one attached hydrogen (secondary N) is 1. The van der Waals surface area contributed by atoms with Crippen LogP contribution in [0, 0.1) is 17.3 Å². The molecule has 25 heavy (non-hydrogen) atoms. The molecule has 3 aliphatic carbocycles. The van der Waals surface area contributed by atoms with E-state index < -0.39 is 13.1 Å². The van der Waals surface area contributed by atoms with Crippen LogP contribution in [0.3, 0.4) is 0 Å². The molecule has 4 fully saturated rings. The Balaban J connectivity index is 1.54. The number of amides is 2. The van der Waals surface area contributed by atoms with Crippen LogP contribution in [0.15, 0.2) is 30.3 Å². The van der Waals surface area contributed by atoms with Gasteiger partial charge in [-0.05, 0) is 49.0 Å². The molecule has 0 radical (unpaired) electrons. The highest BCUT2D eigenvalue weighted by atomic mass is 16.7. The summed E-state index contributed by atoms with van der Waals surface area (Å²) in [7, 11) is -0.460. The SMILES string of the molecule is CC1(C)[C@@H]2C[C@H]3OB([C@H](Cc4ccccc4)NC(N)=O)O[C@@]3(C)[C@H]1C2. The molecule has 1 heterocycles. The first kappa shape index (κ1) is 16.9. The molecule has 3 N–H and O–H groups in total. The summed E-state index contributed by atoms with van der Waals surface area (Å²) in [5.74, 6) is 0.914. The average Bonchev–Trinajstić information content (AvgIpc) is 2.91. The second-order valence-electron chi connectivity index (χ2n) is 8.64. The van der Waals surface area contributed by atoms with Crippen molar-refractivity contribution in [1.82, 2.24) is 5.32 Å². The van der Waals surface area contributed by atoms with Crippen LogP contribution in [0.4, 0.5) is 4.79 Å². The number of carbonyl (C=O) groups excluding carboxylic acids is 1. The van der Waals surface area contributed by atoms with Gasteiger partial charge >= 0.3 is 13.1 Å². The van der Waals surface area contributed by atoms with Crippen LogP contribution in [0.1, 0.15) is 39.2 Å². The zero-order valence-electron chi connectivity index (χ0n) is 15.2. The van der Waals surface area contributed by atoms with E-state index in [-0.39, 0.29) is 17.6 Å². The minimum absolute atomic E-state index is 0.0993. The molecule has 5 rings (SSSR count). The maximum atomic E-state index is 11.5. The average molecular weight is 342 g/mol. The zero-order valence-corrected chi connectivity index (χ0v) is 15.2. The molecule has 2 bridgehead atoms. The molecule has 4 aliphatic rings. The van der Waals surface area contributed by atoms with Gasteiger partial charge in [-0.3, -0.25) is 0 Å². The molecular formula is C19H27BN2O3. The van der Waals surface area contributed by atoms with Gasteiger partial charge in [0, 0.05) is 0 Å². The summed E-state index contributed by atoms with van der Waals surface area (Å²) < 4.78 is 12.8. The molecule has 0 spiro atoms. The molecule has 2 amide bonds. The summed E-state index contributed by atoms with van der Waals surface area (Å²) in [6.45, 7) is 6.86. The van der Waals surface area contributed by atoms with E-state index in [4.69, 9.17) is 15.0 Å². The van der Waals surface area contributed by atoms with Crippen LogP contribution in [0.2, 0.25) is 0 Å². The molecule has 1 aromatic rings. The van der Waals surface area contributed by atoms with Gasteiger partial charge in [-0.25, -0.2) is 4.79 Å². The number of hydrogen-bond acceptors (Lipinski definition) is 3. The number of rotatable bonds is 4. The summed E-state index contributed by atoms with van der Waals surface area (Å²) in [6, 6.07) is 9.50. The Hall–Kier alpha value is -1.53. The van der Waals surface area contributed by atoms with Gasteiger partial charge in [0.25, 0.3) is 0 Å². The van der Waals surface area contributed by atoms with Gasteiger partial charge in [0.05, 0.1) is 17.6 Å². The van der Waals surface area contributed by atoms with Gasteiger partial charge < -0.3 is 20.4 Å². The third-order valence-corrected chi connectivity index (χ3v) is 6.92. The van der Waals surface area contributed by atoms with E-state index in [0.717, 1.165) is 12.0 Å². The molecule has 1 saturated heterocycles. The Morgan fingerprint density at radius 1 is 1.32 bits per heavy atom. The predicted molar refractivity (Wildman–Crippen MR) is 96.8 cm³/mol. The van der Waals surface area contributed by atoms with E-state index in [9.17, 15) is 4.79 Å². The Morgan fingerprint density at radius 3 is 2.68 bits per heavy atom. The topological polar surface area (TPSA) is 73.6 Å². The van der Waals surface area contributed by atoms with E-state index in [2.05, 4.69) is 26.1 Å². The van der Waals surface area contributed by atoms with E-state index >= 15 is 0 Å². The van der Waals surface area contributed by atoms with Crippen molar-refractivity contribution in [1.29, 1.82) is 0 Å². The third-order valence-electron chi connectivity index (χ3n) is 6.92. The molecule has 1 aliphatic heterocycles. The van der Waals surface area contributed by atoms with E-state index in [1.165, 1.54) is 6.42 Å². The maximum absolute atomic E-state index is 11.5. The van der Waals surface area contributed by atoms with Crippen molar-refractivity contribution in [3.8, 4) is 0 Å². The fourth-order valence-corrected chi connectivity index (χ4v) is 5.34. The number of benzene rings is 1. The molecule has 0 aromatic heterocycles. The van der Waals surface area contributed by atoms with Gasteiger partial charge in [0.2, 0.25) is 0 Å². The lowest BCUT2D eigenvalue weighted by Crippen LogP contribution is -2.65. The van der Waals surface area contributed by atoms with Crippen molar-refractivity contribution in [3.05, 3.63) is 35.9 Å². The minimum atomic E-state index is -0.544. The van der Waals surface area contributed by atoms with Gasteiger partial charge in [-0.2, -0.15) is 0 Å². The Morgan fingerprint density at radius 2 is 2.04 bits per heavy atom. The molecule has 3 saturated carbocycles. The van der Waals surface area contributed by atoms with Crippen LogP contribution in [0.25, 0.3) is 0 Å². The summed E-state index contributed by atoms with van der Waals surface area (Å²) in [5.41, 5.74) is 6.56. The van der Waals surface area contributed by atoms with E-state index in [1.807, 2.05) is 30.3 Å². The third kappa shape index (κ3) is 2.66.